The normalized spacial score (nSPS) is 40.0. The van der Waals surface area contributed by atoms with Crippen LogP contribution in [-0.4, -0.2) is 23.0 Å². The fourth-order valence-corrected chi connectivity index (χ4v) is 8.88. The number of hydrogen-bond donors (Lipinski definition) is 1. The van der Waals surface area contributed by atoms with Crippen molar-refractivity contribution >= 4 is 17.5 Å². The summed E-state index contributed by atoms with van der Waals surface area (Å²) in [6.45, 7) is 14.9. The van der Waals surface area contributed by atoms with E-state index >= 15 is 0 Å². The van der Waals surface area contributed by atoms with Gasteiger partial charge in [0.2, 0.25) is 0 Å². The second-order valence-corrected chi connectivity index (χ2v) is 14.4. The lowest BCUT2D eigenvalue weighted by molar-refractivity contribution is -0.158. The Morgan fingerprint density at radius 2 is 1.74 bits per heavy atom. The van der Waals surface area contributed by atoms with Crippen LogP contribution in [0.3, 0.4) is 0 Å². The number of Topliss-reactive ketones (excluding diaryl/α,β-unsaturated/α-hetero) is 1. The van der Waals surface area contributed by atoms with E-state index < -0.39 is 16.9 Å². The molecule has 3 saturated carbocycles. The molecule has 0 heterocycles. The molecule has 0 radical (unpaired) electrons. The van der Waals surface area contributed by atoms with Crippen molar-refractivity contribution in [2.75, 3.05) is 0 Å². The van der Waals surface area contributed by atoms with Crippen molar-refractivity contribution in [2.24, 2.45) is 39.4 Å². The third kappa shape index (κ3) is 4.18. The Morgan fingerprint density at radius 1 is 1.08 bits per heavy atom. The molecule has 0 aromatic heterocycles. The molecule has 6 atom stereocenters. The van der Waals surface area contributed by atoms with Crippen LogP contribution in [0.4, 0.5) is 0 Å². The highest BCUT2D eigenvalue weighted by atomic mass is 16.1. The van der Waals surface area contributed by atoms with Crippen molar-refractivity contribution in [3.05, 3.63) is 23.3 Å². The van der Waals surface area contributed by atoms with E-state index in [1.54, 1.807) is 0 Å². The van der Waals surface area contributed by atoms with Gasteiger partial charge >= 0.3 is 0 Å². The Labute approximate surface area is 228 Å². The molecule has 5 heteroatoms. The second-order valence-electron chi connectivity index (χ2n) is 14.4. The van der Waals surface area contributed by atoms with Gasteiger partial charge in [-0.25, -0.2) is 0 Å². The van der Waals surface area contributed by atoms with Gasteiger partial charge in [-0.3, -0.25) is 14.4 Å². The van der Waals surface area contributed by atoms with Gasteiger partial charge in [0.15, 0.2) is 11.6 Å². The fraction of sp³-hybridized carbons (Fsp3) is 0.697. The van der Waals surface area contributed by atoms with Crippen LogP contribution in [0.25, 0.3) is 0 Å². The van der Waals surface area contributed by atoms with E-state index in [0.717, 1.165) is 56.9 Å². The molecular formula is C33H44N2O3. The smallest absolute Gasteiger partial charge is 0.296 e. The summed E-state index contributed by atoms with van der Waals surface area (Å²) >= 11 is 0. The molecule has 0 aliphatic heterocycles. The minimum absolute atomic E-state index is 0.00494. The molecule has 0 aromatic rings. The van der Waals surface area contributed by atoms with E-state index in [0.29, 0.717) is 0 Å². The van der Waals surface area contributed by atoms with Gasteiger partial charge in [-0.2, -0.15) is 5.26 Å². The molecule has 38 heavy (non-hydrogen) atoms. The number of ketones is 2. The van der Waals surface area contributed by atoms with E-state index in [1.165, 1.54) is 0 Å². The largest absolute Gasteiger partial charge is 0.340 e. The third-order valence-electron chi connectivity index (χ3n) is 11.2. The number of carbonyl (C=O) groups is 3. The van der Waals surface area contributed by atoms with E-state index in [4.69, 9.17) is 6.42 Å². The highest BCUT2D eigenvalue weighted by molar-refractivity contribution is 6.00. The minimum Gasteiger partial charge on any atom is -0.340 e. The number of nitrogens with one attached hydrogen (secondary N) is 1. The minimum atomic E-state index is -0.537. The molecule has 4 rings (SSSR count). The van der Waals surface area contributed by atoms with Gasteiger partial charge in [0.05, 0.1) is 5.57 Å². The molecule has 204 valence electrons. The van der Waals surface area contributed by atoms with Crippen LogP contribution >= 0.6 is 0 Å². The van der Waals surface area contributed by atoms with Crippen LogP contribution in [0.2, 0.25) is 0 Å². The van der Waals surface area contributed by atoms with Crippen molar-refractivity contribution in [1.82, 2.24) is 5.32 Å². The maximum Gasteiger partial charge on any atom is 0.296 e. The summed E-state index contributed by atoms with van der Waals surface area (Å²) in [6.07, 6.45) is 16.2. The molecule has 0 spiro atoms. The maximum atomic E-state index is 14.3. The van der Waals surface area contributed by atoms with Gasteiger partial charge < -0.3 is 5.32 Å². The summed E-state index contributed by atoms with van der Waals surface area (Å²) in [7, 11) is 0. The quantitative estimate of drug-likeness (QED) is 0.278. The summed E-state index contributed by atoms with van der Waals surface area (Å²) in [6, 6.07) is 2.16. The summed E-state index contributed by atoms with van der Waals surface area (Å²) in [5, 5.41) is 13.1. The second kappa shape index (κ2) is 9.22. The van der Waals surface area contributed by atoms with Crippen molar-refractivity contribution in [1.29, 1.82) is 5.26 Å². The number of nitriles is 1. The van der Waals surface area contributed by atoms with Crippen LogP contribution in [0.1, 0.15) is 99.8 Å². The molecule has 5 nitrogen and oxygen atoms in total. The van der Waals surface area contributed by atoms with Gasteiger partial charge in [0.25, 0.3) is 5.91 Å². The number of carbonyl (C=O) groups excluding carboxylic acids is 3. The molecule has 6 unspecified atom stereocenters. The number of hydrogen-bond acceptors (Lipinski definition) is 4. The third-order valence-corrected chi connectivity index (χ3v) is 11.2. The zero-order valence-corrected chi connectivity index (χ0v) is 24.3. The number of fused-ring (bicyclic) bond motifs is 5. The van der Waals surface area contributed by atoms with Crippen LogP contribution < -0.4 is 5.32 Å². The van der Waals surface area contributed by atoms with E-state index in [2.05, 4.69) is 51.9 Å². The maximum absolute atomic E-state index is 14.3. The monoisotopic (exact) mass is 516 g/mol. The first-order valence-corrected chi connectivity index (χ1v) is 14.3. The Morgan fingerprint density at radius 3 is 2.34 bits per heavy atom. The van der Waals surface area contributed by atoms with Gasteiger partial charge in [0.1, 0.15) is 6.07 Å². The van der Waals surface area contributed by atoms with Crippen LogP contribution in [0.15, 0.2) is 23.3 Å². The molecule has 0 bridgehead atoms. The number of allylic oxidation sites excluding steroid dienone is 4. The average molecular weight is 517 g/mol. The molecule has 0 aromatic carbocycles. The summed E-state index contributed by atoms with van der Waals surface area (Å²) in [5.74, 6) is 1.36. The highest BCUT2D eigenvalue weighted by Crippen LogP contribution is 2.70. The predicted octanol–water partition coefficient (Wildman–Crippen LogP) is 6.10. The van der Waals surface area contributed by atoms with Gasteiger partial charge in [-0.15, -0.1) is 6.42 Å². The van der Waals surface area contributed by atoms with Crippen molar-refractivity contribution in [3.8, 4) is 18.4 Å². The van der Waals surface area contributed by atoms with Gasteiger partial charge in [-0.1, -0.05) is 66.5 Å². The molecular weight excluding hydrogens is 472 g/mol. The zero-order chi connectivity index (χ0) is 28.3. The Balaban J connectivity index is 1.86. The zero-order valence-electron chi connectivity index (χ0n) is 24.3. The van der Waals surface area contributed by atoms with Gasteiger partial charge in [0, 0.05) is 22.8 Å². The topological polar surface area (TPSA) is 87.0 Å². The van der Waals surface area contributed by atoms with E-state index in [1.807, 2.05) is 26.0 Å². The molecule has 1 amide bonds. The van der Waals surface area contributed by atoms with Crippen LogP contribution in [0, 0.1) is 63.1 Å². The lowest BCUT2D eigenvalue weighted by Crippen LogP contribution is -2.68. The first kappa shape index (κ1) is 28.4. The molecule has 4 aliphatic rings. The number of nitrogens with zero attached hydrogens (tertiary/aromatic N) is 1. The Hall–Kier alpha value is -2.66. The first-order chi connectivity index (χ1) is 17.6. The molecule has 1 N–H and O–H groups in total. The van der Waals surface area contributed by atoms with Crippen molar-refractivity contribution < 1.29 is 14.4 Å². The lowest BCUT2D eigenvalue weighted by Gasteiger charge is -2.67. The standard InChI is InChI=1S/C33H44N2O3/c1-9-26(37)35-33-15-13-29(4,5)19-23(33)27-24(36)17-25-30(6,18-22(20-34)28(38)21(2)3)11-10-12-31(25,7)32(27,8)14-16-33/h1,17-18,21,23,27H,10-16,19H2,2-8H3,(H,35,37). The Kier molecular flexibility index (Phi) is 6.88. The Bertz CT molecular complexity index is 1210. The number of terminal acetylenes is 1. The van der Waals surface area contributed by atoms with Gasteiger partial charge in [-0.05, 0) is 79.1 Å². The summed E-state index contributed by atoms with van der Waals surface area (Å²) < 4.78 is 0. The van der Waals surface area contributed by atoms with E-state index in [9.17, 15) is 19.6 Å². The highest BCUT2D eigenvalue weighted by Gasteiger charge is 2.67. The average Bonchev–Trinajstić information content (AvgIpc) is 2.84. The molecule has 0 saturated heterocycles. The first-order valence-electron chi connectivity index (χ1n) is 14.3. The lowest BCUT2D eigenvalue weighted by atomic mass is 9.37. The van der Waals surface area contributed by atoms with Crippen molar-refractivity contribution in [2.45, 2.75) is 105 Å². The fourth-order valence-electron chi connectivity index (χ4n) is 8.88. The molecule has 4 aliphatic carbocycles. The predicted molar refractivity (Wildman–Crippen MR) is 148 cm³/mol. The summed E-state index contributed by atoms with van der Waals surface area (Å²) in [4.78, 5) is 39.6. The number of amides is 1. The van der Waals surface area contributed by atoms with E-state index in [-0.39, 0.29) is 51.1 Å². The SMILES string of the molecule is C#CC(=O)NC12CCC(C)(C)CC1C1C(=O)C=C3C(C)(C=C(C#N)C(=O)C(C)C)CCCC3(C)C1(C)CC2. The molecule has 3 fully saturated rings. The van der Waals surface area contributed by atoms with Crippen LogP contribution in [0.5, 0.6) is 0 Å². The summed E-state index contributed by atoms with van der Waals surface area (Å²) in [5.41, 5.74) is -0.233. The van der Waals surface area contributed by atoms with Crippen molar-refractivity contribution in [3.63, 3.8) is 0 Å². The van der Waals surface area contributed by atoms with Crippen LogP contribution in [-0.2, 0) is 14.4 Å². The number of rotatable bonds is 4.